The summed E-state index contributed by atoms with van der Waals surface area (Å²) in [6.07, 6.45) is 1.73. The topological polar surface area (TPSA) is 194 Å². The number of amides is 3. The minimum absolute atomic E-state index is 0.150. The van der Waals surface area contributed by atoms with Gasteiger partial charge in [0.1, 0.15) is 18.7 Å². The summed E-state index contributed by atoms with van der Waals surface area (Å²) in [7, 11) is -3.35. The van der Waals surface area contributed by atoms with Crippen LogP contribution in [0, 0.1) is 0 Å². The number of ether oxygens (including phenoxy) is 1. The van der Waals surface area contributed by atoms with Crippen LogP contribution in [0.5, 0.6) is 0 Å². The number of unbranched alkanes of at least 4 members (excludes halogenated alkanes) is 1. The van der Waals surface area contributed by atoms with Crippen LogP contribution >= 0.6 is 0 Å². The van der Waals surface area contributed by atoms with Crippen LogP contribution in [0.2, 0.25) is 0 Å². The van der Waals surface area contributed by atoms with Crippen LogP contribution in [0.25, 0.3) is 0 Å². The number of nitrogens with two attached hydrogens (primary N) is 1. The number of rotatable bonds is 16. The monoisotopic (exact) mass is 527 g/mol. The summed E-state index contributed by atoms with van der Waals surface area (Å²) in [5.74, 6) is -1.96. The van der Waals surface area contributed by atoms with E-state index in [1.54, 1.807) is 36.6 Å². The molecule has 3 amide bonds. The molecule has 0 bridgehead atoms. The van der Waals surface area contributed by atoms with Crippen LogP contribution in [0.15, 0.2) is 30.3 Å². The number of nitrogens with one attached hydrogen (secondary N) is 3. The van der Waals surface area contributed by atoms with Gasteiger partial charge < -0.3 is 31.5 Å². The van der Waals surface area contributed by atoms with Crippen molar-refractivity contribution in [1.82, 2.24) is 16.0 Å². The number of hydrogen-bond donors (Lipinski definition) is 5. The Labute approximate surface area is 211 Å². The van der Waals surface area contributed by atoms with Gasteiger partial charge in [0, 0.05) is 12.7 Å². The summed E-state index contributed by atoms with van der Waals surface area (Å²) < 4.78 is 27.2. The zero-order valence-electron chi connectivity index (χ0n) is 20.4. The predicted molar refractivity (Wildman–Crippen MR) is 132 cm³/mol. The summed E-state index contributed by atoms with van der Waals surface area (Å²) in [5, 5.41) is 17.3. The fourth-order valence-corrected chi connectivity index (χ4v) is 3.51. The second kappa shape index (κ2) is 15.9. The Bertz CT molecular complexity index is 956. The molecule has 0 aliphatic heterocycles. The molecule has 201 valence electrons. The molecule has 0 aliphatic carbocycles. The van der Waals surface area contributed by atoms with Crippen molar-refractivity contribution >= 4 is 34.0 Å². The summed E-state index contributed by atoms with van der Waals surface area (Å²) in [5.41, 5.74) is 6.27. The van der Waals surface area contributed by atoms with Gasteiger partial charge >= 0.3 is 6.09 Å². The number of carbonyl (C=O) groups excluding carboxylic acids is 4. The molecule has 36 heavy (non-hydrogen) atoms. The maximum absolute atomic E-state index is 12.9. The highest BCUT2D eigenvalue weighted by molar-refractivity contribution is 7.90. The van der Waals surface area contributed by atoms with Crippen LogP contribution in [-0.2, 0) is 35.4 Å². The van der Waals surface area contributed by atoms with Crippen molar-refractivity contribution in [3.8, 4) is 0 Å². The first-order valence-electron chi connectivity index (χ1n) is 11.5. The molecule has 0 heterocycles. The summed E-state index contributed by atoms with van der Waals surface area (Å²) in [6.45, 7) is 1.25. The molecule has 1 aromatic carbocycles. The molecule has 1 radical (unpaired) electrons. The lowest BCUT2D eigenvalue weighted by atomic mass is 10.0. The number of aliphatic hydroxyl groups is 1. The molecule has 1 rings (SSSR count). The Morgan fingerprint density at radius 1 is 1.08 bits per heavy atom. The number of benzene rings is 1. The third-order valence-corrected chi connectivity index (χ3v) is 5.96. The van der Waals surface area contributed by atoms with Gasteiger partial charge in [-0.05, 0) is 38.3 Å². The maximum atomic E-state index is 12.9. The van der Waals surface area contributed by atoms with E-state index in [-0.39, 0.29) is 18.6 Å². The number of aliphatic hydroxyl groups excluding tert-OH is 1. The number of carbonyl (C=O) groups is 3. The highest BCUT2D eigenvalue weighted by Gasteiger charge is 2.31. The zero-order chi connectivity index (χ0) is 27.1. The molecule has 0 aromatic heterocycles. The molecule has 0 aliphatic rings. The Morgan fingerprint density at radius 3 is 2.31 bits per heavy atom. The van der Waals surface area contributed by atoms with Crippen LogP contribution in [0.1, 0.15) is 31.7 Å². The number of hydrogen-bond acceptors (Lipinski definition) is 9. The van der Waals surface area contributed by atoms with E-state index in [0.717, 1.165) is 11.8 Å². The zero-order valence-corrected chi connectivity index (χ0v) is 21.3. The van der Waals surface area contributed by atoms with Gasteiger partial charge in [0.2, 0.25) is 18.1 Å². The molecule has 0 spiro atoms. The van der Waals surface area contributed by atoms with Crippen molar-refractivity contribution in [3.63, 3.8) is 0 Å². The third kappa shape index (κ3) is 12.6. The first-order valence-corrected chi connectivity index (χ1v) is 13.5. The minimum atomic E-state index is -3.35. The lowest BCUT2D eigenvalue weighted by Gasteiger charge is -2.25. The van der Waals surface area contributed by atoms with Crippen LogP contribution in [0.4, 0.5) is 4.79 Å². The van der Waals surface area contributed by atoms with Crippen LogP contribution in [-0.4, -0.2) is 87.1 Å². The van der Waals surface area contributed by atoms with E-state index < -0.39 is 58.6 Å². The second-order valence-corrected chi connectivity index (χ2v) is 10.6. The van der Waals surface area contributed by atoms with Crippen molar-refractivity contribution in [3.05, 3.63) is 35.9 Å². The predicted octanol–water partition coefficient (Wildman–Crippen LogP) is -1.04. The van der Waals surface area contributed by atoms with Gasteiger partial charge in [0.15, 0.2) is 9.84 Å². The summed E-state index contributed by atoms with van der Waals surface area (Å²) in [6, 6.07) is 5.33. The van der Waals surface area contributed by atoms with E-state index in [9.17, 15) is 32.7 Å². The van der Waals surface area contributed by atoms with Gasteiger partial charge in [-0.15, -0.1) is 0 Å². The average Bonchev–Trinajstić information content (AvgIpc) is 2.80. The number of alkyl carbamates (subject to hydrolysis) is 1. The smallest absolute Gasteiger partial charge is 0.407 e. The molecule has 0 saturated carbocycles. The van der Waals surface area contributed by atoms with Gasteiger partial charge in [-0.2, -0.15) is 0 Å². The van der Waals surface area contributed by atoms with E-state index in [4.69, 9.17) is 10.5 Å². The largest absolute Gasteiger partial charge is 0.448 e. The molecule has 0 fully saturated rings. The lowest BCUT2D eigenvalue weighted by Crippen LogP contribution is -2.58. The Morgan fingerprint density at radius 2 is 1.75 bits per heavy atom. The fourth-order valence-electron chi connectivity index (χ4n) is 3.12. The van der Waals surface area contributed by atoms with E-state index in [0.29, 0.717) is 19.4 Å². The maximum Gasteiger partial charge on any atom is 0.407 e. The van der Waals surface area contributed by atoms with E-state index in [1.165, 1.54) is 6.92 Å². The van der Waals surface area contributed by atoms with Gasteiger partial charge in [-0.1, -0.05) is 30.3 Å². The third-order valence-electron chi connectivity index (χ3n) is 5.05. The van der Waals surface area contributed by atoms with Crippen molar-refractivity contribution in [2.75, 3.05) is 25.2 Å². The first kappa shape index (κ1) is 31.0. The van der Waals surface area contributed by atoms with Gasteiger partial charge in [0.25, 0.3) is 0 Å². The molecular weight excluding hydrogens is 492 g/mol. The lowest BCUT2D eigenvalue weighted by molar-refractivity contribution is -0.132. The van der Waals surface area contributed by atoms with Crippen molar-refractivity contribution < 1.29 is 37.4 Å². The van der Waals surface area contributed by atoms with E-state index in [1.807, 2.05) is 0 Å². The van der Waals surface area contributed by atoms with E-state index >= 15 is 0 Å². The molecule has 12 nitrogen and oxygen atoms in total. The Hall–Kier alpha value is -3.03. The van der Waals surface area contributed by atoms with Gasteiger partial charge in [0.05, 0.1) is 17.9 Å². The molecular formula is C23H35N4O8S. The Kier molecular flexibility index (Phi) is 13.7. The number of sulfone groups is 1. The SMILES string of the molecule is C[C@@H](O)[C@H](NC(=O)[C@H](CCCCN)NC(=O)OCCS(C)(=O)=O)C(=O)N[C@H]([C]=O)Cc1ccccc1. The molecule has 13 heteroatoms. The fraction of sp³-hybridized carbons (Fsp3) is 0.565. The first-order chi connectivity index (χ1) is 17.0. The molecule has 0 saturated heterocycles. The van der Waals surface area contributed by atoms with Crippen molar-refractivity contribution in [1.29, 1.82) is 0 Å². The van der Waals surface area contributed by atoms with Crippen molar-refractivity contribution in [2.45, 2.75) is 56.8 Å². The molecule has 1 aromatic rings. The van der Waals surface area contributed by atoms with Gasteiger partial charge in [-0.3, -0.25) is 14.4 Å². The van der Waals surface area contributed by atoms with Gasteiger partial charge in [-0.25, -0.2) is 13.2 Å². The molecule has 0 unspecified atom stereocenters. The summed E-state index contributed by atoms with van der Waals surface area (Å²) >= 11 is 0. The quantitative estimate of drug-likeness (QED) is 0.167. The molecule has 4 atom stereocenters. The average molecular weight is 528 g/mol. The minimum Gasteiger partial charge on any atom is -0.448 e. The van der Waals surface area contributed by atoms with Crippen molar-refractivity contribution in [2.24, 2.45) is 5.73 Å². The van der Waals surface area contributed by atoms with E-state index in [2.05, 4.69) is 16.0 Å². The standard InChI is InChI=1S/C23H35N4O8S/c1-16(29)20(22(31)25-18(15-28)14-17-8-4-3-5-9-17)27-21(30)19(10-6-7-11-24)26-23(32)35-12-13-36(2,33)34/h3-5,8-9,16,18-20,29H,6-7,10-14,24H2,1-2H3,(H,25,31)(H,26,32)(H,27,30)/t16-,18+,19+,20+/m1/s1. The highest BCUT2D eigenvalue weighted by atomic mass is 32.2. The highest BCUT2D eigenvalue weighted by Crippen LogP contribution is 2.06. The second-order valence-electron chi connectivity index (χ2n) is 8.34. The molecule has 6 N–H and O–H groups in total. The summed E-state index contributed by atoms with van der Waals surface area (Å²) in [4.78, 5) is 49.1. The van der Waals surface area contributed by atoms with Crippen LogP contribution < -0.4 is 21.7 Å². The normalized spacial score (nSPS) is 14.6. The Balaban J connectivity index is 2.83. The van der Waals surface area contributed by atoms with Crippen LogP contribution in [0.3, 0.4) is 0 Å².